The zero-order chi connectivity index (χ0) is 12.7. The molecule has 0 aliphatic carbocycles. The third-order valence-electron chi connectivity index (χ3n) is 3.49. The van der Waals surface area contributed by atoms with Gasteiger partial charge in [-0.2, -0.15) is 0 Å². The van der Waals surface area contributed by atoms with Crippen LogP contribution in [0.2, 0.25) is 0 Å². The molecule has 0 N–H and O–H groups in total. The van der Waals surface area contributed by atoms with Crippen LogP contribution in [-0.4, -0.2) is 4.40 Å². The molecular weight excluding hydrogens is 232 g/mol. The molecule has 0 fully saturated rings. The summed E-state index contributed by atoms with van der Waals surface area (Å²) in [5, 5.41) is 2.54. The number of pyridine rings is 1. The van der Waals surface area contributed by atoms with Crippen molar-refractivity contribution in [1.29, 1.82) is 0 Å². The van der Waals surface area contributed by atoms with Crippen LogP contribution in [0.1, 0.15) is 0 Å². The fraction of sp³-hybridized carbons (Fsp3) is 0. The SMILES string of the molecule is c1ccc2c(-[n+]3cc4ccccn4c3)cccc2c1. The second-order valence-electron chi connectivity index (χ2n) is 4.68. The summed E-state index contributed by atoms with van der Waals surface area (Å²) < 4.78 is 4.30. The average molecular weight is 245 g/mol. The van der Waals surface area contributed by atoms with Gasteiger partial charge < -0.3 is 0 Å². The standard InChI is InChI=1S/C17H13N2/c1-2-9-16-14(6-1)7-5-10-17(16)19-12-15-8-3-4-11-18(15)13-19/h1-13H/q+1. The normalized spacial score (nSPS) is 11.2. The van der Waals surface area contributed by atoms with Crippen LogP contribution in [0, 0.1) is 0 Å². The first-order valence-electron chi connectivity index (χ1n) is 6.38. The summed E-state index contributed by atoms with van der Waals surface area (Å²) in [6, 6.07) is 21.1. The molecule has 0 amide bonds. The Hall–Kier alpha value is -2.61. The van der Waals surface area contributed by atoms with E-state index < -0.39 is 0 Å². The number of benzene rings is 2. The molecule has 4 aromatic rings. The first-order chi connectivity index (χ1) is 9.42. The lowest BCUT2D eigenvalue weighted by molar-refractivity contribution is -0.592. The highest BCUT2D eigenvalue weighted by Crippen LogP contribution is 2.18. The highest BCUT2D eigenvalue weighted by Gasteiger charge is 2.10. The zero-order valence-corrected chi connectivity index (χ0v) is 10.4. The van der Waals surface area contributed by atoms with Gasteiger partial charge in [-0.25, -0.2) is 8.97 Å². The van der Waals surface area contributed by atoms with Crippen molar-refractivity contribution in [1.82, 2.24) is 4.40 Å². The molecular formula is C17H13N2+. The monoisotopic (exact) mass is 245 g/mol. The molecule has 0 aliphatic heterocycles. The number of imidazole rings is 1. The first kappa shape index (κ1) is 10.3. The molecule has 4 rings (SSSR count). The van der Waals surface area contributed by atoms with Crippen molar-refractivity contribution < 1.29 is 4.57 Å². The van der Waals surface area contributed by atoms with Gasteiger partial charge in [0.05, 0.1) is 6.20 Å². The molecule has 0 unspecified atom stereocenters. The molecule has 19 heavy (non-hydrogen) atoms. The Bertz CT molecular complexity index is 836. The van der Waals surface area contributed by atoms with Crippen molar-refractivity contribution in [2.24, 2.45) is 0 Å². The lowest BCUT2D eigenvalue weighted by Crippen LogP contribution is -2.27. The minimum atomic E-state index is 1.19. The van der Waals surface area contributed by atoms with Crippen LogP contribution in [0.25, 0.3) is 22.0 Å². The van der Waals surface area contributed by atoms with Gasteiger partial charge in [-0.1, -0.05) is 42.5 Å². The van der Waals surface area contributed by atoms with Gasteiger partial charge in [-0.15, -0.1) is 0 Å². The third-order valence-corrected chi connectivity index (χ3v) is 3.49. The Morgan fingerprint density at radius 3 is 2.58 bits per heavy atom. The second-order valence-corrected chi connectivity index (χ2v) is 4.68. The van der Waals surface area contributed by atoms with Gasteiger partial charge in [-0.3, -0.25) is 0 Å². The van der Waals surface area contributed by atoms with Crippen LogP contribution in [0.4, 0.5) is 0 Å². The molecule has 0 saturated carbocycles. The zero-order valence-electron chi connectivity index (χ0n) is 10.4. The van der Waals surface area contributed by atoms with Gasteiger partial charge in [0.15, 0.2) is 5.52 Å². The van der Waals surface area contributed by atoms with Crippen LogP contribution in [-0.2, 0) is 0 Å². The summed E-state index contributed by atoms with van der Waals surface area (Å²) in [4.78, 5) is 0. The van der Waals surface area contributed by atoms with Crippen molar-refractivity contribution in [3.05, 3.63) is 79.4 Å². The summed E-state index contributed by atoms with van der Waals surface area (Å²) in [5.74, 6) is 0. The maximum absolute atomic E-state index is 2.18. The number of rotatable bonds is 1. The van der Waals surface area contributed by atoms with Crippen molar-refractivity contribution >= 4 is 16.3 Å². The van der Waals surface area contributed by atoms with E-state index in [-0.39, 0.29) is 0 Å². The van der Waals surface area contributed by atoms with Gasteiger partial charge in [0.25, 0.3) is 6.33 Å². The summed E-state index contributed by atoms with van der Waals surface area (Å²) in [6.45, 7) is 0. The molecule has 0 atom stereocenters. The van der Waals surface area contributed by atoms with Gasteiger partial charge in [-0.05, 0) is 23.6 Å². The van der Waals surface area contributed by atoms with Gasteiger partial charge in [0.2, 0.25) is 0 Å². The fourth-order valence-corrected chi connectivity index (χ4v) is 2.56. The van der Waals surface area contributed by atoms with Crippen LogP contribution < -0.4 is 4.57 Å². The molecule has 0 bridgehead atoms. The maximum atomic E-state index is 2.18. The van der Waals surface area contributed by atoms with Crippen molar-refractivity contribution in [2.75, 3.05) is 0 Å². The van der Waals surface area contributed by atoms with E-state index in [4.69, 9.17) is 0 Å². The minimum Gasteiger partial charge on any atom is -0.202 e. The number of aromatic nitrogens is 2. The smallest absolute Gasteiger partial charge is 0.202 e. The second kappa shape index (κ2) is 3.95. The van der Waals surface area contributed by atoms with Crippen molar-refractivity contribution in [2.45, 2.75) is 0 Å². The van der Waals surface area contributed by atoms with Crippen LogP contribution in [0.3, 0.4) is 0 Å². The lowest BCUT2D eigenvalue weighted by Gasteiger charge is -2.01. The van der Waals surface area contributed by atoms with E-state index in [2.05, 4.69) is 82.3 Å². The number of hydrogen-bond acceptors (Lipinski definition) is 0. The Kier molecular flexibility index (Phi) is 2.15. The number of fused-ring (bicyclic) bond motifs is 2. The van der Waals surface area contributed by atoms with E-state index in [1.54, 1.807) is 0 Å². The quantitative estimate of drug-likeness (QED) is 0.454. The lowest BCUT2D eigenvalue weighted by atomic mass is 10.1. The van der Waals surface area contributed by atoms with E-state index in [0.717, 1.165) is 0 Å². The van der Waals surface area contributed by atoms with Gasteiger partial charge >= 0.3 is 0 Å². The molecule has 0 spiro atoms. The highest BCUT2D eigenvalue weighted by molar-refractivity contribution is 5.88. The van der Waals surface area contributed by atoms with Gasteiger partial charge in [0.1, 0.15) is 11.9 Å². The topological polar surface area (TPSA) is 8.29 Å². The largest absolute Gasteiger partial charge is 0.254 e. The predicted molar refractivity (Wildman–Crippen MR) is 76.4 cm³/mol. The summed E-state index contributed by atoms with van der Waals surface area (Å²) >= 11 is 0. The fourth-order valence-electron chi connectivity index (χ4n) is 2.56. The Morgan fingerprint density at radius 2 is 1.63 bits per heavy atom. The first-order valence-corrected chi connectivity index (χ1v) is 6.38. The molecule has 0 aliphatic rings. The molecule has 2 nitrogen and oxygen atoms in total. The van der Waals surface area contributed by atoms with Gasteiger partial charge in [0, 0.05) is 5.39 Å². The van der Waals surface area contributed by atoms with Crippen molar-refractivity contribution in [3.63, 3.8) is 0 Å². The Morgan fingerprint density at radius 1 is 0.789 bits per heavy atom. The summed E-state index contributed by atoms with van der Waals surface area (Å²) in [6.07, 6.45) is 6.33. The van der Waals surface area contributed by atoms with E-state index >= 15 is 0 Å². The van der Waals surface area contributed by atoms with Crippen molar-refractivity contribution in [3.8, 4) is 5.69 Å². The molecule has 2 heterocycles. The number of hydrogen-bond donors (Lipinski definition) is 0. The Balaban J connectivity index is 2.03. The highest BCUT2D eigenvalue weighted by atomic mass is 15.1. The van der Waals surface area contributed by atoms with E-state index in [1.807, 2.05) is 6.07 Å². The van der Waals surface area contributed by atoms with E-state index in [0.29, 0.717) is 0 Å². The van der Waals surface area contributed by atoms with Crippen LogP contribution in [0.5, 0.6) is 0 Å². The predicted octanol–water partition coefficient (Wildman–Crippen LogP) is 3.37. The number of nitrogens with zero attached hydrogens (tertiary/aromatic N) is 2. The van der Waals surface area contributed by atoms with E-state index in [9.17, 15) is 0 Å². The van der Waals surface area contributed by atoms with Crippen LogP contribution >= 0.6 is 0 Å². The molecule has 90 valence electrons. The molecule has 2 heteroatoms. The van der Waals surface area contributed by atoms with Crippen LogP contribution in [0.15, 0.2) is 79.4 Å². The summed E-state index contributed by atoms with van der Waals surface area (Å²) in [5.41, 5.74) is 2.40. The maximum Gasteiger partial charge on any atom is 0.254 e. The average Bonchev–Trinajstić information content (AvgIpc) is 2.90. The van der Waals surface area contributed by atoms with E-state index in [1.165, 1.54) is 22.0 Å². The third kappa shape index (κ3) is 1.61. The Labute approximate surface area is 111 Å². The minimum absolute atomic E-state index is 1.19. The summed E-state index contributed by atoms with van der Waals surface area (Å²) in [7, 11) is 0. The molecule has 2 aromatic heterocycles. The molecule has 2 aromatic carbocycles. The molecule has 0 radical (unpaired) electrons. The molecule has 0 saturated heterocycles.